The van der Waals surface area contributed by atoms with Gasteiger partial charge < -0.3 is 10.5 Å². The Bertz CT molecular complexity index is 373. The summed E-state index contributed by atoms with van der Waals surface area (Å²) in [4.78, 5) is 0. The second-order valence-corrected chi connectivity index (χ2v) is 5.50. The van der Waals surface area contributed by atoms with Gasteiger partial charge in [0.25, 0.3) is 0 Å². The number of hydrogen-bond donors (Lipinski definition) is 1. The van der Waals surface area contributed by atoms with Crippen molar-refractivity contribution in [1.29, 1.82) is 0 Å². The summed E-state index contributed by atoms with van der Waals surface area (Å²) in [5.41, 5.74) is 8.60. The largest absolute Gasteiger partial charge is 0.496 e. The average molecular weight is 235 g/mol. The quantitative estimate of drug-likeness (QED) is 0.850. The molecule has 1 rings (SSSR count). The molecular formula is C15H25NO. The molecule has 1 aromatic rings. The molecule has 1 aromatic carbocycles. The van der Waals surface area contributed by atoms with Crippen molar-refractivity contribution >= 4 is 0 Å². The zero-order valence-electron chi connectivity index (χ0n) is 11.7. The molecule has 2 heteroatoms. The summed E-state index contributed by atoms with van der Waals surface area (Å²) in [6, 6.07) is 6.33. The number of nitrogens with two attached hydrogens (primary N) is 1. The summed E-state index contributed by atoms with van der Waals surface area (Å²) in [5.74, 6) is 1.52. The van der Waals surface area contributed by atoms with Gasteiger partial charge in [-0.25, -0.2) is 0 Å². The van der Waals surface area contributed by atoms with Crippen molar-refractivity contribution in [1.82, 2.24) is 0 Å². The Morgan fingerprint density at radius 2 is 2.00 bits per heavy atom. The standard InChI is InChI=1S/C15H25NO/c1-11(2)15(4,10-16)9-13-8-12(3)6-7-14(13)17-5/h6-8,11H,9-10,16H2,1-5H3. The van der Waals surface area contributed by atoms with Crippen LogP contribution in [0.2, 0.25) is 0 Å². The van der Waals surface area contributed by atoms with Crippen LogP contribution in [0.5, 0.6) is 5.75 Å². The first-order valence-electron chi connectivity index (χ1n) is 6.26. The van der Waals surface area contributed by atoms with Crippen molar-refractivity contribution < 1.29 is 4.74 Å². The van der Waals surface area contributed by atoms with Crippen molar-refractivity contribution in [3.8, 4) is 5.75 Å². The molecule has 0 amide bonds. The Morgan fingerprint density at radius 1 is 1.35 bits per heavy atom. The van der Waals surface area contributed by atoms with Crippen LogP contribution in [0, 0.1) is 18.3 Å². The first-order chi connectivity index (χ1) is 7.92. The minimum Gasteiger partial charge on any atom is -0.496 e. The Hall–Kier alpha value is -1.02. The van der Waals surface area contributed by atoms with Gasteiger partial charge in [-0.2, -0.15) is 0 Å². The van der Waals surface area contributed by atoms with Gasteiger partial charge in [-0.1, -0.05) is 38.5 Å². The van der Waals surface area contributed by atoms with Gasteiger partial charge in [-0.15, -0.1) is 0 Å². The molecule has 0 aliphatic heterocycles. The maximum absolute atomic E-state index is 5.94. The number of methoxy groups -OCH3 is 1. The zero-order chi connectivity index (χ0) is 13.1. The van der Waals surface area contributed by atoms with E-state index >= 15 is 0 Å². The molecule has 0 radical (unpaired) electrons. The summed E-state index contributed by atoms with van der Waals surface area (Å²) >= 11 is 0. The van der Waals surface area contributed by atoms with E-state index in [9.17, 15) is 0 Å². The molecule has 0 spiro atoms. The van der Waals surface area contributed by atoms with E-state index < -0.39 is 0 Å². The first kappa shape index (κ1) is 14.0. The Balaban J connectivity index is 3.04. The molecule has 96 valence electrons. The van der Waals surface area contributed by atoms with E-state index in [0.29, 0.717) is 12.5 Å². The number of aryl methyl sites for hydroxylation is 1. The molecule has 0 fully saturated rings. The van der Waals surface area contributed by atoms with Crippen LogP contribution < -0.4 is 10.5 Å². The molecule has 2 nitrogen and oxygen atoms in total. The Kier molecular flexibility index (Phi) is 4.58. The van der Waals surface area contributed by atoms with Crippen molar-refractivity contribution in [3.63, 3.8) is 0 Å². The zero-order valence-corrected chi connectivity index (χ0v) is 11.7. The summed E-state index contributed by atoms with van der Waals surface area (Å²) < 4.78 is 5.43. The molecule has 0 aromatic heterocycles. The summed E-state index contributed by atoms with van der Waals surface area (Å²) in [6.45, 7) is 9.52. The van der Waals surface area contributed by atoms with E-state index in [-0.39, 0.29) is 5.41 Å². The fourth-order valence-electron chi connectivity index (χ4n) is 1.99. The maximum atomic E-state index is 5.94. The van der Waals surface area contributed by atoms with E-state index in [1.165, 1.54) is 11.1 Å². The Labute approximate surface area is 105 Å². The van der Waals surface area contributed by atoms with Crippen molar-refractivity contribution in [2.75, 3.05) is 13.7 Å². The monoisotopic (exact) mass is 235 g/mol. The van der Waals surface area contributed by atoms with Crippen molar-refractivity contribution in [2.45, 2.75) is 34.1 Å². The van der Waals surface area contributed by atoms with Crippen LogP contribution in [0.4, 0.5) is 0 Å². The molecule has 0 aliphatic rings. The fraction of sp³-hybridized carbons (Fsp3) is 0.600. The lowest BCUT2D eigenvalue weighted by molar-refractivity contribution is 0.224. The van der Waals surface area contributed by atoms with E-state index in [4.69, 9.17) is 10.5 Å². The highest BCUT2D eigenvalue weighted by Gasteiger charge is 2.28. The first-order valence-corrected chi connectivity index (χ1v) is 6.26. The predicted molar refractivity (Wildman–Crippen MR) is 73.4 cm³/mol. The van der Waals surface area contributed by atoms with Crippen LogP contribution in [0.25, 0.3) is 0 Å². The highest BCUT2D eigenvalue weighted by Crippen LogP contribution is 2.33. The van der Waals surface area contributed by atoms with Crippen LogP contribution in [-0.2, 0) is 6.42 Å². The van der Waals surface area contributed by atoms with Crippen LogP contribution in [0.1, 0.15) is 31.9 Å². The molecule has 2 N–H and O–H groups in total. The lowest BCUT2D eigenvalue weighted by atomic mass is 9.74. The van der Waals surface area contributed by atoms with Crippen LogP contribution >= 0.6 is 0 Å². The smallest absolute Gasteiger partial charge is 0.122 e. The number of benzene rings is 1. The molecule has 0 bridgehead atoms. The van der Waals surface area contributed by atoms with Gasteiger partial charge in [0.2, 0.25) is 0 Å². The summed E-state index contributed by atoms with van der Waals surface area (Å²) in [6.07, 6.45) is 0.964. The Morgan fingerprint density at radius 3 is 2.47 bits per heavy atom. The normalized spacial score (nSPS) is 14.8. The predicted octanol–water partition coefficient (Wildman–Crippen LogP) is 3.17. The fourth-order valence-corrected chi connectivity index (χ4v) is 1.99. The molecule has 17 heavy (non-hydrogen) atoms. The number of hydrogen-bond acceptors (Lipinski definition) is 2. The lowest BCUT2D eigenvalue weighted by Crippen LogP contribution is -2.34. The maximum Gasteiger partial charge on any atom is 0.122 e. The van der Waals surface area contributed by atoms with Gasteiger partial charge in [0.1, 0.15) is 5.75 Å². The molecule has 0 saturated heterocycles. The van der Waals surface area contributed by atoms with Crippen molar-refractivity contribution in [2.24, 2.45) is 17.1 Å². The molecular weight excluding hydrogens is 210 g/mol. The molecule has 1 atom stereocenters. The third-order valence-electron chi connectivity index (χ3n) is 3.89. The number of ether oxygens (including phenoxy) is 1. The van der Waals surface area contributed by atoms with E-state index in [1.54, 1.807) is 7.11 Å². The van der Waals surface area contributed by atoms with Gasteiger partial charge in [0.15, 0.2) is 0 Å². The molecule has 0 saturated carbocycles. The van der Waals surface area contributed by atoms with Crippen LogP contribution in [-0.4, -0.2) is 13.7 Å². The highest BCUT2D eigenvalue weighted by molar-refractivity contribution is 5.37. The van der Waals surface area contributed by atoms with Gasteiger partial charge in [-0.3, -0.25) is 0 Å². The SMILES string of the molecule is COc1ccc(C)cc1CC(C)(CN)C(C)C. The van der Waals surface area contributed by atoms with Crippen LogP contribution in [0.3, 0.4) is 0 Å². The third-order valence-corrected chi connectivity index (χ3v) is 3.89. The highest BCUT2D eigenvalue weighted by atomic mass is 16.5. The van der Waals surface area contributed by atoms with Crippen molar-refractivity contribution in [3.05, 3.63) is 29.3 Å². The third kappa shape index (κ3) is 3.22. The topological polar surface area (TPSA) is 35.2 Å². The van der Waals surface area contributed by atoms with Gasteiger partial charge in [0, 0.05) is 0 Å². The second kappa shape index (κ2) is 5.54. The molecule has 0 aliphatic carbocycles. The van der Waals surface area contributed by atoms with E-state index in [1.807, 2.05) is 6.07 Å². The minimum absolute atomic E-state index is 0.126. The van der Waals surface area contributed by atoms with Crippen LogP contribution in [0.15, 0.2) is 18.2 Å². The van der Waals surface area contributed by atoms with Gasteiger partial charge >= 0.3 is 0 Å². The minimum atomic E-state index is 0.126. The number of rotatable bonds is 5. The lowest BCUT2D eigenvalue weighted by Gasteiger charge is -2.33. The second-order valence-electron chi connectivity index (χ2n) is 5.50. The summed E-state index contributed by atoms with van der Waals surface area (Å²) in [5, 5.41) is 0. The van der Waals surface area contributed by atoms with E-state index in [0.717, 1.165) is 12.2 Å². The molecule has 1 unspecified atom stereocenters. The van der Waals surface area contributed by atoms with Gasteiger partial charge in [0.05, 0.1) is 7.11 Å². The average Bonchev–Trinajstić information content (AvgIpc) is 2.29. The van der Waals surface area contributed by atoms with Gasteiger partial charge in [-0.05, 0) is 42.9 Å². The van der Waals surface area contributed by atoms with E-state index in [2.05, 4.69) is 39.8 Å². The summed E-state index contributed by atoms with van der Waals surface area (Å²) in [7, 11) is 1.73. The molecule has 0 heterocycles.